The van der Waals surface area contributed by atoms with Gasteiger partial charge in [0.1, 0.15) is 17.0 Å². The molecule has 1 fully saturated rings. The van der Waals surface area contributed by atoms with Gasteiger partial charge in [-0.05, 0) is 79.5 Å². The minimum absolute atomic E-state index is 0.0361. The molecule has 0 bridgehead atoms. The standard InChI is InChI=1S/C33H42F6N2O5/c1-6-10-22-18-25(31(44,32(34,35)36)33(37,38)39)19-23(11-7-2)27(22)45-17-9-8-16-41-28(42)30(5,40-29(41)43)24-12-14-26(15-13-24)46-20-21(3)4/h12-15,18-19,21,44H,6-11,16-17,20H2,1-5H3,(H,40,43). The van der Waals surface area contributed by atoms with Crippen LogP contribution >= 0.6 is 0 Å². The van der Waals surface area contributed by atoms with Crippen molar-refractivity contribution < 1.29 is 50.5 Å². The monoisotopic (exact) mass is 660 g/mol. The Labute approximate surface area is 265 Å². The van der Waals surface area contributed by atoms with Crippen molar-refractivity contribution in [1.29, 1.82) is 0 Å². The van der Waals surface area contributed by atoms with Gasteiger partial charge in [-0.15, -0.1) is 0 Å². The number of ether oxygens (including phenoxy) is 2. The van der Waals surface area contributed by atoms with E-state index in [1.54, 1.807) is 45.0 Å². The van der Waals surface area contributed by atoms with E-state index in [1.807, 2.05) is 13.8 Å². The van der Waals surface area contributed by atoms with Crippen LogP contribution in [0.1, 0.15) is 82.6 Å². The lowest BCUT2D eigenvalue weighted by atomic mass is 9.87. The maximum Gasteiger partial charge on any atom is 0.430 e. The smallest absolute Gasteiger partial charge is 0.430 e. The Hall–Kier alpha value is -3.48. The first-order valence-corrected chi connectivity index (χ1v) is 15.4. The van der Waals surface area contributed by atoms with Crippen LogP contribution in [0.3, 0.4) is 0 Å². The first-order chi connectivity index (χ1) is 21.4. The molecule has 2 aromatic carbocycles. The third-order valence-electron chi connectivity index (χ3n) is 7.83. The topological polar surface area (TPSA) is 88.1 Å². The van der Waals surface area contributed by atoms with Crippen molar-refractivity contribution in [2.24, 2.45) is 5.92 Å². The molecule has 256 valence electrons. The summed E-state index contributed by atoms with van der Waals surface area (Å²) in [6, 6.07) is 7.81. The van der Waals surface area contributed by atoms with Gasteiger partial charge in [0.2, 0.25) is 0 Å². The molecule has 1 aliphatic rings. The number of alkyl halides is 6. The SMILES string of the molecule is CCCc1cc(C(O)(C(F)(F)F)C(F)(F)F)cc(CCC)c1OCCCCN1C(=O)NC(C)(c2ccc(OCC(C)C)cc2)C1=O. The van der Waals surface area contributed by atoms with Crippen LogP contribution in [0.5, 0.6) is 11.5 Å². The van der Waals surface area contributed by atoms with Gasteiger partial charge in [-0.25, -0.2) is 4.79 Å². The molecule has 2 N–H and O–H groups in total. The number of hydrogen-bond donors (Lipinski definition) is 2. The number of nitrogens with zero attached hydrogens (tertiary/aromatic N) is 1. The summed E-state index contributed by atoms with van der Waals surface area (Å²) in [7, 11) is 0. The third kappa shape index (κ3) is 7.72. The van der Waals surface area contributed by atoms with Crippen molar-refractivity contribution in [1.82, 2.24) is 10.2 Å². The maximum atomic E-state index is 13.6. The van der Waals surface area contributed by atoms with E-state index in [9.17, 15) is 41.0 Å². The minimum atomic E-state index is -6.00. The van der Waals surface area contributed by atoms with Crippen LogP contribution in [0, 0.1) is 5.92 Å². The first kappa shape index (κ1) is 37.0. The predicted molar refractivity (Wildman–Crippen MR) is 160 cm³/mol. The fraction of sp³-hybridized carbons (Fsp3) is 0.576. The van der Waals surface area contributed by atoms with Crippen LogP contribution in [0.2, 0.25) is 0 Å². The van der Waals surface area contributed by atoms with E-state index < -0.39 is 41.0 Å². The molecule has 7 nitrogen and oxygen atoms in total. The quantitative estimate of drug-likeness (QED) is 0.117. The molecule has 13 heteroatoms. The van der Waals surface area contributed by atoms with Crippen molar-refractivity contribution in [3.05, 3.63) is 58.7 Å². The van der Waals surface area contributed by atoms with E-state index >= 15 is 0 Å². The Morgan fingerprint density at radius 2 is 1.43 bits per heavy atom. The molecule has 0 aliphatic carbocycles. The van der Waals surface area contributed by atoms with Gasteiger partial charge in [0.05, 0.1) is 13.2 Å². The number of carbonyl (C=O) groups is 2. The molecular weight excluding hydrogens is 618 g/mol. The predicted octanol–water partition coefficient (Wildman–Crippen LogP) is 7.56. The summed E-state index contributed by atoms with van der Waals surface area (Å²) >= 11 is 0. The van der Waals surface area contributed by atoms with Crippen molar-refractivity contribution >= 4 is 11.9 Å². The van der Waals surface area contributed by atoms with Gasteiger partial charge in [-0.3, -0.25) is 9.69 Å². The normalized spacial score (nSPS) is 17.5. The molecule has 0 saturated carbocycles. The average molecular weight is 661 g/mol. The fourth-order valence-corrected chi connectivity index (χ4v) is 5.34. The number of imide groups is 1. The number of hydrogen-bond acceptors (Lipinski definition) is 5. The van der Waals surface area contributed by atoms with E-state index in [4.69, 9.17) is 9.47 Å². The van der Waals surface area contributed by atoms with Crippen molar-refractivity contribution in [3.8, 4) is 11.5 Å². The largest absolute Gasteiger partial charge is 0.493 e. The number of aryl methyl sites for hydroxylation is 2. The number of halogens is 6. The van der Waals surface area contributed by atoms with E-state index in [0.29, 0.717) is 49.5 Å². The van der Waals surface area contributed by atoms with Crippen LogP contribution in [-0.2, 0) is 28.8 Å². The highest BCUT2D eigenvalue weighted by Gasteiger charge is 2.71. The minimum Gasteiger partial charge on any atom is -0.493 e. The van der Waals surface area contributed by atoms with Crippen molar-refractivity contribution in [2.75, 3.05) is 19.8 Å². The molecule has 0 spiro atoms. The zero-order valence-electron chi connectivity index (χ0n) is 26.7. The highest BCUT2D eigenvalue weighted by atomic mass is 19.4. The zero-order chi connectivity index (χ0) is 34.5. The summed E-state index contributed by atoms with van der Waals surface area (Å²) in [4.78, 5) is 27.2. The fourth-order valence-electron chi connectivity index (χ4n) is 5.34. The molecule has 0 aromatic heterocycles. The van der Waals surface area contributed by atoms with Gasteiger partial charge in [0, 0.05) is 12.1 Å². The lowest BCUT2D eigenvalue weighted by molar-refractivity contribution is -0.376. The second kappa shape index (κ2) is 14.5. The van der Waals surface area contributed by atoms with E-state index in [-0.39, 0.29) is 42.9 Å². The van der Waals surface area contributed by atoms with Gasteiger partial charge in [0.15, 0.2) is 0 Å². The third-order valence-corrected chi connectivity index (χ3v) is 7.83. The molecule has 1 heterocycles. The van der Waals surface area contributed by atoms with Gasteiger partial charge >= 0.3 is 18.4 Å². The number of urea groups is 1. The Morgan fingerprint density at radius 3 is 1.91 bits per heavy atom. The molecule has 3 amide bonds. The van der Waals surface area contributed by atoms with Crippen LogP contribution in [0.25, 0.3) is 0 Å². The number of amides is 3. The van der Waals surface area contributed by atoms with Gasteiger partial charge < -0.3 is 19.9 Å². The molecule has 3 rings (SSSR count). The zero-order valence-corrected chi connectivity index (χ0v) is 26.7. The average Bonchev–Trinajstić information content (AvgIpc) is 3.19. The lowest BCUT2D eigenvalue weighted by Crippen LogP contribution is -2.54. The molecule has 1 saturated heterocycles. The molecule has 1 unspecified atom stereocenters. The van der Waals surface area contributed by atoms with E-state index in [1.165, 1.54) is 0 Å². The summed E-state index contributed by atoms with van der Waals surface area (Å²) in [5, 5.41) is 12.8. The summed E-state index contributed by atoms with van der Waals surface area (Å²) in [5.74, 6) is 0.738. The lowest BCUT2D eigenvalue weighted by Gasteiger charge is -2.33. The van der Waals surface area contributed by atoms with Gasteiger partial charge in [0.25, 0.3) is 11.5 Å². The molecule has 46 heavy (non-hydrogen) atoms. The van der Waals surface area contributed by atoms with E-state index in [0.717, 1.165) is 17.0 Å². The highest BCUT2D eigenvalue weighted by molar-refractivity contribution is 6.07. The maximum absolute atomic E-state index is 13.6. The van der Waals surface area contributed by atoms with Crippen LogP contribution in [0.4, 0.5) is 31.1 Å². The first-order valence-electron chi connectivity index (χ1n) is 15.4. The molecule has 1 atom stereocenters. The number of unbranched alkanes of at least 4 members (excludes halogenated alkanes) is 1. The Bertz CT molecular complexity index is 1320. The second-order valence-corrected chi connectivity index (χ2v) is 12.1. The molecule has 2 aromatic rings. The second-order valence-electron chi connectivity index (χ2n) is 12.1. The number of carbonyl (C=O) groups excluding carboxylic acids is 2. The molecular formula is C33H42F6N2O5. The Balaban J connectivity index is 1.71. The number of benzene rings is 2. The van der Waals surface area contributed by atoms with Crippen LogP contribution in [0.15, 0.2) is 36.4 Å². The highest BCUT2D eigenvalue weighted by Crippen LogP contribution is 2.51. The number of nitrogens with one attached hydrogen (secondary N) is 1. The van der Waals surface area contributed by atoms with Crippen LogP contribution < -0.4 is 14.8 Å². The molecule has 1 aliphatic heterocycles. The van der Waals surface area contributed by atoms with Gasteiger partial charge in [-0.1, -0.05) is 52.7 Å². The summed E-state index contributed by atoms with van der Waals surface area (Å²) in [5.41, 5.74) is -6.77. The van der Waals surface area contributed by atoms with E-state index in [2.05, 4.69) is 5.32 Å². The Morgan fingerprint density at radius 1 is 0.891 bits per heavy atom. The van der Waals surface area contributed by atoms with Crippen LogP contribution in [-0.4, -0.2) is 54.1 Å². The van der Waals surface area contributed by atoms with Crippen molar-refractivity contribution in [3.63, 3.8) is 0 Å². The summed E-state index contributed by atoms with van der Waals surface area (Å²) in [6.45, 7) is 9.75. The number of aliphatic hydroxyl groups is 1. The number of rotatable bonds is 15. The summed E-state index contributed by atoms with van der Waals surface area (Å²) < 4.78 is 93.5. The van der Waals surface area contributed by atoms with Gasteiger partial charge in [-0.2, -0.15) is 26.3 Å². The summed E-state index contributed by atoms with van der Waals surface area (Å²) in [6.07, 6.45) is -10.3. The Kier molecular flexibility index (Phi) is 11.7. The van der Waals surface area contributed by atoms with Crippen molar-refractivity contribution in [2.45, 2.75) is 96.6 Å². The molecule has 0 radical (unpaired) electrons.